The van der Waals surface area contributed by atoms with E-state index in [2.05, 4.69) is 19.9 Å². The predicted molar refractivity (Wildman–Crippen MR) is 106 cm³/mol. The molecular weight excluding hydrogens is 425 g/mol. The first-order valence-electron chi connectivity index (χ1n) is 10.3. The summed E-state index contributed by atoms with van der Waals surface area (Å²) in [5.41, 5.74) is 0.713. The molecule has 0 aliphatic carbocycles. The number of ether oxygens (including phenoxy) is 1. The van der Waals surface area contributed by atoms with Crippen LogP contribution in [-0.2, 0) is 0 Å². The summed E-state index contributed by atoms with van der Waals surface area (Å²) in [7, 11) is 0. The Balaban J connectivity index is 1.34. The number of hydrogen-bond donors (Lipinski definition) is 0. The molecule has 32 heavy (non-hydrogen) atoms. The van der Waals surface area contributed by atoms with Crippen molar-refractivity contribution in [3.05, 3.63) is 60.2 Å². The number of hydrogen-bond acceptors (Lipinski definition) is 6. The molecule has 166 valence electrons. The molecule has 2 bridgehead atoms. The highest BCUT2D eigenvalue weighted by Gasteiger charge is 2.46. The topological polar surface area (TPSA) is 81.4 Å². The van der Waals surface area contributed by atoms with E-state index in [0.29, 0.717) is 24.6 Å². The molecule has 2 aliphatic rings. The van der Waals surface area contributed by atoms with E-state index in [-0.39, 0.29) is 23.6 Å². The fourth-order valence-electron chi connectivity index (χ4n) is 4.73. The van der Waals surface area contributed by atoms with Crippen LogP contribution in [0.3, 0.4) is 0 Å². The van der Waals surface area contributed by atoms with Gasteiger partial charge in [-0.25, -0.2) is 0 Å². The van der Waals surface area contributed by atoms with Crippen LogP contribution in [0.1, 0.15) is 47.8 Å². The number of para-hydroxylation sites is 1. The molecule has 0 saturated carbocycles. The number of piperidine rings is 1. The normalized spacial score (nSPS) is 22.7. The number of aromatic nitrogens is 3. The van der Waals surface area contributed by atoms with Gasteiger partial charge in [-0.1, -0.05) is 17.3 Å². The van der Waals surface area contributed by atoms with E-state index < -0.39 is 18.0 Å². The molecule has 0 N–H and O–H groups in total. The lowest BCUT2D eigenvalue weighted by Gasteiger charge is -2.38. The Morgan fingerprint density at radius 1 is 1.06 bits per heavy atom. The van der Waals surface area contributed by atoms with Crippen molar-refractivity contribution in [3.8, 4) is 17.1 Å². The number of benzene rings is 1. The van der Waals surface area contributed by atoms with E-state index in [1.807, 2.05) is 0 Å². The highest BCUT2D eigenvalue weighted by molar-refractivity contribution is 5.97. The fourth-order valence-corrected chi connectivity index (χ4v) is 4.73. The molecule has 2 unspecified atom stereocenters. The minimum Gasteiger partial charge on any atom is -0.405 e. The van der Waals surface area contributed by atoms with E-state index >= 15 is 0 Å². The number of amides is 1. The first-order chi connectivity index (χ1) is 15.4. The average molecular weight is 444 g/mol. The molecule has 10 heteroatoms. The number of alkyl halides is 3. The van der Waals surface area contributed by atoms with Crippen molar-refractivity contribution >= 4 is 5.91 Å². The van der Waals surface area contributed by atoms with Gasteiger partial charge in [0.2, 0.25) is 11.7 Å². The van der Waals surface area contributed by atoms with E-state index in [4.69, 9.17) is 4.52 Å². The van der Waals surface area contributed by atoms with E-state index in [1.54, 1.807) is 29.4 Å². The van der Waals surface area contributed by atoms with Crippen LogP contribution in [0.5, 0.6) is 5.75 Å². The maximum atomic E-state index is 13.2. The summed E-state index contributed by atoms with van der Waals surface area (Å²) in [6.07, 6.45) is 1.21. The van der Waals surface area contributed by atoms with Crippen LogP contribution < -0.4 is 4.74 Å². The SMILES string of the molecule is O=C(c1ccccc1OC(F)(F)F)N1C2CCC1CC(c1nc(-c3ccncc3)no1)C2. The van der Waals surface area contributed by atoms with Crippen LogP contribution in [0.4, 0.5) is 13.2 Å². The second-order valence-electron chi connectivity index (χ2n) is 8.00. The third-order valence-corrected chi connectivity index (χ3v) is 6.04. The van der Waals surface area contributed by atoms with Gasteiger partial charge in [0.25, 0.3) is 5.91 Å². The zero-order valence-corrected chi connectivity index (χ0v) is 16.8. The van der Waals surface area contributed by atoms with Gasteiger partial charge in [-0.15, -0.1) is 13.2 Å². The monoisotopic (exact) mass is 444 g/mol. The quantitative estimate of drug-likeness (QED) is 0.586. The Hall–Kier alpha value is -3.43. The molecule has 4 heterocycles. The third-order valence-electron chi connectivity index (χ3n) is 6.04. The van der Waals surface area contributed by atoms with Crippen LogP contribution in [0.15, 0.2) is 53.3 Å². The summed E-state index contributed by atoms with van der Waals surface area (Å²) in [6, 6.07) is 8.84. The summed E-state index contributed by atoms with van der Waals surface area (Å²) >= 11 is 0. The molecule has 5 rings (SSSR count). The molecule has 2 aromatic heterocycles. The number of nitrogens with zero attached hydrogens (tertiary/aromatic N) is 4. The Kier molecular flexibility index (Phi) is 5.07. The molecule has 3 aromatic rings. The average Bonchev–Trinajstić information content (AvgIpc) is 3.36. The van der Waals surface area contributed by atoms with Crippen molar-refractivity contribution in [3.63, 3.8) is 0 Å². The van der Waals surface area contributed by atoms with Gasteiger partial charge in [-0.2, -0.15) is 4.98 Å². The molecule has 7 nitrogen and oxygen atoms in total. The lowest BCUT2D eigenvalue weighted by molar-refractivity contribution is -0.274. The number of carbonyl (C=O) groups excluding carboxylic acids is 1. The van der Waals surface area contributed by atoms with Crippen molar-refractivity contribution in [2.45, 2.75) is 50.0 Å². The number of fused-ring (bicyclic) bond motifs is 2. The summed E-state index contributed by atoms with van der Waals surface area (Å²) in [5.74, 6) is 0.0543. The maximum absolute atomic E-state index is 13.2. The molecular formula is C22H19F3N4O3. The van der Waals surface area contributed by atoms with Gasteiger partial charge in [-0.3, -0.25) is 9.78 Å². The largest absolute Gasteiger partial charge is 0.573 e. The molecule has 1 amide bonds. The molecule has 2 saturated heterocycles. The molecule has 2 fully saturated rings. The smallest absolute Gasteiger partial charge is 0.405 e. The first-order valence-corrected chi connectivity index (χ1v) is 10.3. The van der Waals surface area contributed by atoms with E-state index in [9.17, 15) is 18.0 Å². The standard InChI is InChI=1S/C22H19F3N4O3/c23-22(24,25)31-18-4-2-1-3-17(18)21(30)29-15-5-6-16(29)12-14(11-15)20-27-19(28-32-20)13-7-9-26-10-8-13/h1-4,7-10,14-16H,5-6,11-12H2. The second kappa shape index (κ2) is 7.92. The van der Waals surface area contributed by atoms with E-state index in [1.165, 1.54) is 18.2 Å². The molecule has 1 aromatic carbocycles. The zero-order chi connectivity index (χ0) is 22.3. The number of halogens is 3. The molecule has 0 radical (unpaired) electrons. The van der Waals surface area contributed by atoms with Crippen molar-refractivity contribution in [1.82, 2.24) is 20.0 Å². The van der Waals surface area contributed by atoms with Gasteiger partial charge in [0.15, 0.2) is 0 Å². The second-order valence-corrected chi connectivity index (χ2v) is 8.00. The van der Waals surface area contributed by atoms with Crippen molar-refractivity contribution in [1.29, 1.82) is 0 Å². The molecule has 2 atom stereocenters. The van der Waals surface area contributed by atoms with Crippen LogP contribution >= 0.6 is 0 Å². The van der Waals surface area contributed by atoms with Gasteiger partial charge in [0, 0.05) is 36.0 Å². The summed E-state index contributed by atoms with van der Waals surface area (Å²) < 4.78 is 47.9. The molecule has 2 aliphatic heterocycles. The fraction of sp³-hybridized carbons (Fsp3) is 0.364. The van der Waals surface area contributed by atoms with Crippen LogP contribution in [0.25, 0.3) is 11.4 Å². The lowest BCUT2D eigenvalue weighted by Crippen LogP contribution is -2.46. The Labute approximate surface area is 181 Å². The lowest BCUT2D eigenvalue weighted by atomic mass is 9.90. The van der Waals surface area contributed by atoms with Gasteiger partial charge in [0.05, 0.1) is 5.56 Å². The minimum absolute atomic E-state index is 0.0127. The van der Waals surface area contributed by atoms with Crippen molar-refractivity contribution < 1.29 is 27.2 Å². The highest BCUT2D eigenvalue weighted by atomic mass is 19.4. The summed E-state index contributed by atoms with van der Waals surface area (Å²) in [5, 5.41) is 4.06. The van der Waals surface area contributed by atoms with Crippen LogP contribution in [0, 0.1) is 0 Å². The predicted octanol–water partition coefficient (Wildman–Crippen LogP) is 4.58. The van der Waals surface area contributed by atoms with Gasteiger partial charge in [0.1, 0.15) is 5.75 Å². The zero-order valence-electron chi connectivity index (χ0n) is 16.8. The van der Waals surface area contributed by atoms with Crippen LogP contribution in [-0.4, -0.2) is 44.4 Å². The van der Waals surface area contributed by atoms with Crippen LogP contribution in [0.2, 0.25) is 0 Å². The van der Waals surface area contributed by atoms with E-state index in [0.717, 1.165) is 24.5 Å². The minimum atomic E-state index is -4.87. The Morgan fingerprint density at radius 2 is 1.75 bits per heavy atom. The summed E-state index contributed by atoms with van der Waals surface area (Å²) in [4.78, 5) is 23.4. The van der Waals surface area contributed by atoms with Gasteiger partial charge >= 0.3 is 6.36 Å². The number of pyridine rings is 1. The number of rotatable bonds is 4. The van der Waals surface area contributed by atoms with Gasteiger partial charge < -0.3 is 14.2 Å². The molecule has 0 spiro atoms. The Bertz CT molecular complexity index is 1100. The Morgan fingerprint density at radius 3 is 2.44 bits per heavy atom. The van der Waals surface area contributed by atoms with Gasteiger partial charge in [-0.05, 0) is 49.9 Å². The first kappa shape index (κ1) is 20.5. The van der Waals surface area contributed by atoms with Crippen molar-refractivity contribution in [2.75, 3.05) is 0 Å². The highest BCUT2D eigenvalue weighted by Crippen LogP contribution is 2.44. The number of carbonyl (C=O) groups is 1. The maximum Gasteiger partial charge on any atom is 0.573 e. The summed E-state index contributed by atoms with van der Waals surface area (Å²) in [6.45, 7) is 0. The van der Waals surface area contributed by atoms with Crippen molar-refractivity contribution in [2.24, 2.45) is 0 Å². The third kappa shape index (κ3) is 3.92.